The number of benzene rings is 1. The normalized spacial score (nSPS) is 19.0. The second-order valence-corrected chi connectivity index (χ2v) is 7.77. The van der Waals surface area contributed by atoms with Crippen molar-refractivity contribution >= 4 is 5.91 Å². The molecule has 150 valence electrons. The topological polar surface area (TPSA) is 56.6 Å². The molecule has 6 heteroatoms. The number of methoxy groups -OCH3 is 1. The summed E-state index contributed by atoms with van der Waals surface area (Å²) < 4.78 is 13.1. The Labute approximate surface area is 166 Å². The second kappa shape index (κ2) is 8.35. The quantitative estimate of drug-likeness (QED) is 0.810. The molecule has 0 saturated carbocycles. The van der Waals surface area contributed by atoms with Crippen molar-refractivity contribution in [2.45, 2.75) is 44.6 Å². The molecule has 2 aliphatic heterocycles. The summed E-state index contributed by atoms with van der Waals surface area (Å²) in [4.78, 5) is 19.5. The number of carbonyl (C=O) groups is 1. The summed E-state index contributed by atoms with van der Waals surface area (Å²) in [5, 5.41) is 0. The predicted octanol–water partition coefficient (Wildman–Crippen LogP) is 3.57. The summed E-state index contributed by atoms with van der Waals surface area (Å²) in [7, 11) is 1.63. The van der Waals surface area contributed by atoms with Gasteiger partial charge < -0.3 is 18.9 Å². The molecule has 2 aliphatic rings. The fourth-order valence-corrected chi connectivity index (χ4v) is 4.44. The Morgan fingerprint density at radius 1 is 1.11 bits per heavy atom. The molecule has 0 bridgehead atoms. The molecule has 2 aromatic rings. The van der Waals surface area contributed by atoms with Gasteiger partial charge in [-0.3, -0.25) is 4.79 Å². The lowest BCUT2D eigenvalue weighted by Gasteiger charge is -2.35. The number of hydrogen-bond acceptors (Lipinski definition) is 4. The van der Waals surface area contributed by atoms with Gasteiger partial charge in [-0.15, -0.1) is 0 Å². The number of aromatic nitrogens is 2. The molecule has 0 radical (unpaired) electrons. The van der Waals surface area contributed by atoms with Gasteiger partial charge in [0, 0.05) is 55.7 Å². The zero-order valence-electron chi connectivity index (χ0n) is 16.8. The molecule has 2 fully saturated rings. The van der Waals surface area contributed by atoms with Crippen LogP contribution in [0.15, 0.2) is 30.5 Å². The predicted molar refractivity (Wildman–Crippen MR) is 107 cm³/mol. The van der Waals surface area contributed by atoms with Gasteiger partial charge in [0.2, 0.25) is 0 Å². The molecule has 0 spiro atoms. The SMILES string of the molecule is COc1ccc(C(=O)N2CCC(n3c(C)cnc3C3CCOCC3)CC2)cc1. The maximum atomic E-state index is 12.8. The van der Waals surface area contributed by atoms with Gasteiger partial charge in [-0.25, -0.2) is 4.98 Å². The highest BCUT2D eigenvalue weighted by molar-refractivity contribution is 5.94. The lowest BCUT2D eigenvalue weighted by Crippen LogP contribution is -2.39. The van der Waals surface area contributed by atoms with Crippen LogP contribution in [0.1, 0.15) is 59.5 Å². The summed E-state index contributed by atoms with van der Waals surface area (Å²) in [5.41, 5.74) is 1.95. The molecule has 1 amide bonds. The van der Waals surface area contributed by atoms with E-state index in [0.717, 1.165) is 63.3 Å². The average molecular weight is 383 g/mol. The lowest BCUT2D eigenvalue weighted by molar-refractivity contribution is 0.0683. The first-order valence-corrected chi connectivity index (χ1v) is 10.2. The smallest absolute Gasteiger partial charge is 0.253 e. The van der Waals surface area contributed by atoms with E-state index in [1.54, 1.807) is 7.11 Å². The third kappa shape index (κ3) is 3.78. The number of nitrogens with zero attached hydrogens (tertiary/aromatic N) is 3. The summed E-state index contributed by atoms with van der Waals surface area (Å²) in [6.45, 7) is 5.35. The van der Waals surface area contributed by atoms with Gasteiger partial charge in [0.15, 0.2) is 0 Å². The standard InChI is InChI=1S/C22H29N3O3/c1-16-15-23-21(17-9-13-28-14-10-17)25(16)19-7-11-24(12-8-19)22(26)18-3-5-20(27-2)6-4-18/h3-6,15,17,19H,7-14H2,1-2H3. The number of amides is 1. The van der Waals surface area contributed by atoms with Crippen molar-refractivity contribution < 1.29 is 14.3 Å². The Kier molecular flexibility index (Phi) is 5.67. The molecule has 0 atom stereocenters. The molecule has 28 heavy (non-hydrogen) atoms. The van der Waals surface area contributed by atoms with Crippen molar-refractivity contribution in [3.8, 4) is 5.75 Å². The highest BCUT2D eigenvalue weighted by atomic mass is 16.5. The summed E-state index contributed by atoms with van der Waals surface area (Å²) in [6, 6.07) is 7.79. The van der Waals surface area contributed by atoms with Crippen LogP contribution in [-0.4, -0.2) is 53.8 Å². The molecule has 3 heterocycles. The molecule has 0 N–H and O–H groups in total. The number of aryl methyl sites for hydroxylation is 1. The zero-order chi connectivity index (χ0) is 19.5. The minimum absolute atomic E-state index is 0.105. The van der Waals surface area contributed by atoms with Gasteiger partial charge >= 0.3 is 0 Å². The first-order valence-electron chi connectivity index (χ1n) is 10.2. The molecule has 4 rings (SSSR count). The van der Waals surface area contributed by atoms with E-state index < -0.39 is 0 Å². The average Bonchev–Trinajstić information content (AvgIpc) is 3.15. The van der Waals surface area contributed by atoms with Gasteiger partial charge in [-0.05, 0) is 56.9 Å². The summed E-state index contributed by atoms with van der Waals surface area (Å²) in [5.74, 6) is 2.57. The van der Waals surface area contributed by atoms with E-state index >= 15 is 0 Å². The number of imidazole rings is 1. The van der Waals surface area contributed by atoms with E-state index in [4.69, 9.17) is 14.5 Å². The Balaban J connectivity index is 1.43. The van der Waals surface area contributed by atoms with Crippen LogP contribution in [0.4, 0.5) is 0 Å². The number of rotatable bonds is 4. The van der Waals surface area contributed by atoms with Crippen LogP contribution < -0.4 is 4.74 Å². The van der Waals surface area contributed by atoms with E-state index in [1.807, 2.05) is 35.4 Å². The molecular formula is C22H29N3O3. The van der Waals surface area contributed by atoms with Crippen LogP contribution in [0.5, 0.6) is 5.75 Å². The number of piperidine rings is 1. The third-order valence-corrected chi connectivity index (χ3v) is 6.05. The van der Waals surface area contributed by atoms with E-state index in [0.29, 0.717) is 12.0 Å². The molecule has 1 aromatic heterocycles. The van der Waals surface area contributed by atoms with E-state index in [1.165, 1.54) is 11.5 Å². The summed E-state index contributed by atoms with van der Waals surface area (Å²) >= 11 is 0. The number of carbonyl (C=O) groups excluding carboxylic acids is 1. The van der Waals surface area contributed by atoms with E-state index in [2.05, 4.69) is 11.5 Å². The number of hydrogen-bond donors (Lipinski definition) is 0. The van der Waals surface area contributed by atoms with Crippen molar-refractivity contribution in [3.63, 3.8) is 0 Å². The van der Waals surface area contributed by atoms with Crippen LogP contribution in [-0.2, 0) is 4.74 Å². The van der Waals surface area contributed by atoms with Gasteiger partial charge in [-0.1, -0.05) is 0 Å². The van der Waals surface area contributed by atoms with Crippen molar-refractivity contribution in [1.29, 1.82) is 0 Å². The van der Waals surface area contributed by atoms with Crippen molar-refractivity contribution in [2.75, 3.05) is 33.4 Å². The minimum atomic E-state index is 0.105. The maximum Gasteiger partial charge on any atom is 0.253 e. The Bertz CT molecular complexity index is 801. The van der Waals surface area contributed by atoms with Crippen LogP contribution in [0.25, 0.3) is 0 Å². The molecule has 1 aromatic carbocycles. The highest BCUT2D eigenvalue weighted by Crippen LogP contribution is 2.33. The molecule has 6 nitrogen and oxygen atoms in total. The van der Waals surface area contributed by atoms with Crippen LogP contribution >= 0.6 is 0 Å². The first kappa shape index (κ1) is 19.0. The lowest BCUT2D eigenvalue weighted by atomic mass is 9.97. The maximum absolute atomic E-state index is 12.8. The van der Waals surface area contributed by atoms with Crippen LogP contribution in [0.2, 0.25) is 0 Å². The number of likely N-dealkylation sites (tertiary alicyclic amines) is 1. The molecule has 0 aliphatic carbocycles. The van der Waals surface area contributed by atoms with E-state index in [-0.39, 0.29) is 5.91 Å². The van der Waals surface area contributed by atoms with Crippen LogP contribution in [0.3, 0.4) is 0 Å². The Morgan fingerprint density at radius 3 is 2.43 bits per heavy atom. The largest absolute Gasteiger partial charge is 0.497 e. The molecule has 2 saturated heterocycles. The van der Waals surface area contributed by atoms with Gasteiger partial charge in [0.25, 0.3) is 5.91 Å². The van der Waals surface area contributed by atoms with Crippen molar-refractivity contribution in [2.24, 2.45) is 0 Å². The Morgan fingerprint density at radius 2 is 1.79 bits per heavy atom. The third-order valence-electron chi connectivity index (χ3n) is 6.05. The van der Waals surface area contributed by atoms with Crippen LogP contribution in [0, 0.1) is 6.92 Å². The van der Waals surface area contributed by atoms with Gasteiger partial charge in [-0.2, -0.15) is 0 Å². The minimum Gasteiger partial charge on any atom is -0.497 e. The molecule has 0 unspecified atom stereocenters. The second-order valence-electron chi connectivity index (χ2n) is 7.77. The number of ether oxygens (including phenoxy) is 2. The Hall–Kier alpha value is -2.34. The van der Waals surface area contributed by atoms with Crippen molar-refractivity contribution in [1.82, 2.24) is 14.5 Å². The van der Waals surface area contributed by atoms with Gasteiger partial charge in [0.1, 0.15) is 11.6 Å². The highest BCUT2D eigenvalue weighted by Gasteiger charge is 2.29. The van der Waals surface area contributed by atoms with Gasteiger partial charge in [0.05, 0.1) is 7.11 Å². The van der Waals surface area contributed by atoms with E-state index in [9.17, 15) is 4.79 Å². The first-order chi connectivity index (χ1) is 13.7. The zero-order valence-corrected chi connectivity index (χ0v) is 16.8. The van der Waals surface area contributed by atoms with Crippen molar-refractivity contribution in [3.05, 3.63) is 47.5 Å². The monoisotopic (exact) mass is 383 g/mol. The fourth-order valence-electron chi connectivity index (χ4n) is 4.44. The molecular weight excluding hydrogens is 354 g/mol. The fraction of sp³-hybridized carbons (Fsp3) is 0.545. The summed E-state index contributed by atoms with van der Waals surface area (Å²) in [6.07, 6.45) is 6.03.